The van der Waals surface area contributed by atoms with Crippen LogP contribution in [0.3, 0.4) is 0 Å². The van der Waals surface area contributed by atoms with Gasteiger partial charge < -0.3 is 4.90 Å². The van der Waals surface area contributed by atoms with Crippen molar-refractivity contribution in [2.75, 3.05) is 18.0 Å². The third-order valence-electron chi connectivity index (χ3n) is 3.57. The molecule has 7 heteroatoms. The van der Waals surface area contributed by atoms with Crippen LogP contribution in [0.2, 0.25) is 17.7 Å². The highest BCUT2D eigenvalue weighted by Gasteiger charge is 2.23. The Labute approximate surface area is 131 Å². The van der Waals surface area contributed by atoms with Gasteiger partial charge >= 0.3 is 0 Å². The molecule has 100 valence electrons. The van der Waals surface area contributed by atoms with E-state index >= 15 is 0 Å². The first kappa shape index (κ1) is 13.7. The second kappa shape index (κ2) is 5.59. The second-order valence-corrected chi connectivity index (χ2v) is 6.20. The highest BCUT2D eigenvalue weighted by Crippen LogP contribution is 2.29. The molecule has 1 aliphatic heterocycles. The van der Waals surface area contributed by atoms with Crippen LogP contribution < -0.4 is 4.90 Å². The predicted octanol–water partition coefficient (Wildman–Crippen LogP) is 3.42. The van der Waals surface area contributed by atoms with E-state index in [-0.39, 0.29) is 6.71 Å². The Bertz CT molecular complexity index is 695. The van der Waals surface area contributed by atoms with Crippen molar-refractivity contribution in [1.82, 2.24) is 9.97 Å². The normalized spacial score (nSPS) is 15.4. The molecule has 3 heterocycles. The first-order valence-corrected chi connectivity index (χ1v) is 7.61. The van der Waals surface area contributed by atoms with Gasteiger partial charge in [0, 0.05) is 41.2 Å². The standard InChI is InChI=1S/C13H11BBrClN4/c15-9-5-10-11(16)6-12(19-13(10)18-7-9)20-3-1-14(8-17)2-4-20/h5-7H,1-4H2. The van der Waals surface area contributed by atoms with Crippen molar-refractivity contribution in [1.29, 1.82) is 5.26 Å². The molecule has 0 radical (unpaired) electrons. The molecular formula is C13H11BBrClN4. The van der Waals surface area contributed by atoms with Crippen LogP contribution in [0.4, 0.5) is 5.82 Å². The quantitative estimate of drug-likeness (QED) is 0.740. The van der Waals surface area contributed by atoms with Gasteiger partial charge in [0.15, 0.2) is 5.65 Å². The highest BCUT2D eigenvalue weighted by molar-refractivity contribution is 9.10. The molecule has 1 fully saturated rings. The second-order valence-electron chi connectivity index (χ2n) is 4.88. The number of nitriles is 1. The van der Waals surface area contributed by atoms with Crippen LogP contribution in [-0.4, -0.2) is 29.8 Å². The summed E-state index contributed by atoms with van der Waals surface area (Å²) in [4.78, 5) is 11.1. The maximum Gasteiger partial charge on any atom is 0.271 e. The fourth-order valence-electron chi connectivity index (χ4n) is 2.43. The van der Waals surface area contributed by atoms with Crippen LogP contribution in [0.5, 0.6) is 0 Å². The largest absolute Gasteiger partial charge is 0.358 e. The summed E-state index contributed by atoms with van der Waals surface area (Å²) in [6.45, 7) is 1.84. The van der Waals surface area contributed by atoms with Crippen molar-refractivity contribution in [2.45, 2.75) is 12.6 Å². The van der Waals surface area contributed by atoms with Crippen LogP contribution in [0.15, 0.2) is 22.8 Å². The van der Waals surface area contributed by atoms with Crippen LogP contribution in [-0.2, 0) is 0 Å². The molecule has 1 saturated heterocycles. The Morgan fingerprint density at radius 2 is 2.10 bits per heavy atom. The number of aromatic nitrogens is 2. The SMILES string of the molecule is N#CB1CCN(c2cc(Cl)c3cc(Br)cnc3n2)CC1. The molecule has 4 nitrogen and oxygen atoms in total. The molecule has 0 saturated carbocycles. The number of hydrogen-bond acceptors (Lipinski definition) is 4. The summed E-state index contributed by atoms with van der Waals surface area (Å²) >= 11 is 9.72. The van der Waals surface area contributed by atoms with E-state index in [1.807, 2.05) is 12.1 Å². The van der Waals surface area contributed by atoms with Gasteiger partial charge in [-0.05, 0) is 34.6 Å². The van der Waals surface area contributed by atoms with Crippen molar-refractivity contribution >= 4 is 51.1 Å². The first-order chi connectivity index (χ1) is 9.67. The van der Waals surface area contributed by atoms with Gasteiger partial charge in [-0.25, -0.2) is 15.2 Å². The first-order valence-electron chi connectivity index (χ1n) is 6.44. The van der Waals surface area contributed by atoms with E-state index in [9.17, 15) is 0 Å². The molecule has 0 amide bonds. The Kier molecular flexibility index (Phi) is 3.82. The Morgan fingerprint density at radius 1 is 1.35 bits per heavy atom. The average molecular weight is 349 g/mol. The number of anilines is 1. The van der Waals surface area contributed by atoms with Crippen molar-refractivity contribution in [3.63, 3.8) is 0 Å². The Morgan fingerprint density at radius 3 is 2.80 bits per heavy atom. The molecule has 0 aromatic carbocycles. The zero-order valence-corrected chi connectivity index (χ0v) is 13.0. The van der Waals surface area contributed by atoms with Crippen molar-refractivity contribution in [2.24, 2.45) is 0 Å². The summed E-state index contributed by atoms with van der Waals surface area (Å²) in [5.74, 6) is 3.17. The summed E-state index contributed by atoms with van der Waals surface area (Å²) in [5, 5.41) is 10.4. The fraction of sp³-hybridized carbons (Fsp3) is 0.308. The monoisotopic (exact) mass is 348 g/mol. The lowest BCUT2D eigenvalue weighted by Crippen LogP contribution is -2.37. The molecular weight excluding hydrogens is 338 g/mol. The molecule has 2 aromatic heterocycles. The van der Waals surface area contributed by atoms with Crippen LogP contribution in [0.1, 0.15) is 0 Å². The topological polar surface area (TPSA) is 52.8 Å². The number of fused-ring (bicyclic) bond motifs is 1. The van der Waals surface area contributed by atoms with Crippen LogP contribution in [0.25, 0.3) is 11.0 Å². The van der Waals surface area contributed by atoms with Gasteiger partial charge in [-0.2, -0.15) is 0 Å². The lowest BCUT2D eigenvalue weighted by atomic mass is 9.45. The number of rotatable bonds is 1. The van der Waals surface area contributed by atoms with Gasteiger partial charge in [-0.3, -0.25) is 0 Å². The maximum absolute atomic E-state index is 8.94. The van der Waals surface area contributed by atoms with Gasteiger partial charge in [0.05, 0.1) is 5.02 Å². The van der Waals surface area contributed by atoms with Crippen molar-refractivity contribution in [3.05, 3.63) is 27.8 Å². The molecule has 0 bridgehead atoms. The molecule has 2 aromatic rings. The summed E-state index contributed by atoms with van der Waals surface area (Å²) in [6, 6.07) is 3.80. The van der Waals surface area contributed by atoms with E-state index in [1.165, 1.54) is 0 Å². The number of pyridine rings is 2. The third-order valence-corrected chi connectivity index (χ3v) is 4.31. The number of halogens is 2. The zero-order valence-electron chi connectivity index (χ0n) is 10.7. The minimum atomic E-state index is 0.163. The van der Waals surface area contributed by atoms with E-state index < -0.39 is 0 Å². The average Bonchev–Trinajstić information content (AvgIpc) is 2.48. The van der Waals surface area contributed by atoms with E-state index in [4.69, 9.17) is 16.9 Å². The summed E-state index contributed by atoms with van der Waals surface area (Å²) in [6.07, 6.45) is 3.47. The van der Waals surface area contributed by atoms with Crippen LogP contribution >= 0.6 is 27.5 Å². The van der Waals surface area contributed by atoms with Gasteiger partial charge in [0.25, 0.3) is 6.71 Å². The Hall–Kier alpha value is -1.32. The van der Waals surface area contributed by atoms with Crippen molar-refractivity contribution in [3.8, 4) is 5.97 Å². The van der Waals surface area contributed by atoms with Crippen LogP contribution in [0, 0.1) is 11.2 Å². The summed E-state index contributed by atoms with van der Waals surface area (Å²) in [7, 11) is 0. The maximum atomic E-state index is 8.94. The number of hydrogen-bond donors (Lipinski definition) is 0. The fourth-order valence-corrected chi connectivity index (χ4v) is 3.00. The lowest BCUT2D eigenvalue weighted by Gasteiger charge is -2.29. The third kappa shape index (κ3) is 2.61. The van der Waals surface area contributed by atoms with E-state index in [2.05, 4.69) is 36.8 Å². The zero-order chi connectivity index (χ0) is 14.1. The molecule has 3 rings (SSSR count). The Balaban J connectivity index is 1.94. The van der Waals surface area contributed by atoms with Gasteiger partial charge in [0.1, 0.15) is 5.82 Å². The minimum absolute atomic E-state index is 0.163. The summed E-state index contributed by atoms with van der Waals surface area (Å²) < 4.78 is 0.885. The molecule has 0 atom stereocenters. The van der Waals surface area contributed by atoms with Gasteiger partial charge in [0.2, 0.25) is 0 Å². The summed E-state index contributed by atoms with van der Waals surface area (Å²) in [5.41, 5.74) is 0.651. The van der Waals surface area contributed by atoms with Gasteiger partial charge in [-0.1, -0.05) is 11.6 Å². The minimum Gasteiger partial charge on any atom is -0.358 e. The molecule has 0 unspecified atom stereocenters. The highest BCUT2D eigenvalue weighted by atomic mass is 79.9. The number of nitrogens with zero attached hydrogens (tertiary/aromatic N) is 4. The van der Waals surface area contributed by atoms with Gasteiger partial charge in [-0.15, -0.1) is 0 Å². The smallest absolute Gasteiger partial charge is 0.271 e. The predicted molar refractivity (Wildman–Crippen MR) is 85.4 cm³/mol. The molecule has 20 heavy (non-hydrogen) atoms. The molecule has 0 N–H and O–H groups in total. The van der Waals surface area contributed by atoms with E-state index in [0.717, 1.165) is 41.4 Å². The van der Waals surface area contributed by atoms with E-state index in [1.54, 1.807) is 6.20 Å². The van der Waals surface area contributed by atoms with E-state index in [0.29, 0.717) is 10.7 Å². The molecule has 0 aliphatic carbocycles. The molecule has 1 aliphatic rings. The molecule has 0 spiro atoms. The lowest BCUT2D eigenvalue weighted by molar-refractivity contribution is 0.808. The van der Waals surface area contributed by atoms with Crippen molar-refractivity contribution < 1.29 is 0 Å².